The molecule has 29 heavy (non-hydrogen) atoms. The van der Waals surface area contributed by atoms with E-state index in [4.69, 9.17) is 28.6 Å². The number of nitrogens with zero attached hydrogens (tertiary/aromatic N) is 2. The lowest BCUT2D eigenvalue weighted by Crippen LogP contribution is -2.32. The zero-order valence-corrected chi connectivity index (χ0v) is 17.4. The number of benzene rings is 2. The lowest BCUT2D eigenvalue weighted by Gasteiger charge is -2.12. The van der Waals surface area contributed by atoms with Gasteiger partial charge < -0.3 is 20.7 Å². The van der Waals surface area contributed by atoms with Gasteiger partial charge in [-0.3, -0.25) is 0 Å². The Hall–Kier alpha value is -3.08. The third-order valence-electron chi connectivity index (χ3n) is 4.02. The molecule has 0 saturated heterocycles. The van der Waals surface area contributed by atoms with Gasteiger partial charge in [-0.15, -0.1) is 0 Å². The summed E-state index contributed by atoms with van der Waals surface area (Å²) in [4.78, 5) is 4.56. The highest BCUT2D eigenvalue weighted by atomic mass is 35.5. The minimum atomic E-state index is 0.480. The number of hydrogen-bond acceptors (Lipinski definition) is 5. The van der Waals surface area contributed by atoms with Crippen LogP contribution in [0.2, 0.25) is 5.02 Å². The third kappa shape index (κ3) is 5.70. The topological polar surface area (TPSA) is 82.0 Å². The standard InChI is InChI=1S/C21H20ClN5OS/c1-2-28-18-7-8-19-14(12-18)11-15(13-23)20(27-19)24-9-10-25-21(29)26-17-5-3-16(22)4-6-17/h3-8,11-12H,2,9-10H2,1H3,(H,24,27)(H2,25,26,29). The van der Waals surface area contributed by atoms with Crippen LogP contribution >= 0.6 is 23.8 Å². The number of halogens is 1. The van der Waals surface area contributed by atoms with E-state index >= 15 is 0 Å². The molecule has 6 nitrogen and oxygen atoms in total. The number of ether oxygens (including phenoxy) is 1. The Bertz CT molecular complexity index is 1050. The molecule has 148 valence electrons. The second-order valence-electron chi connectivity index (χ2n) is 6.10. The first kappa shape index (κ1) is 20.6. The average Bonchev–Trinajstić information content (AvgIpc) is 2.72. The van der Waals surface area contributed by atoms with E-state index in [1.165, 1.54) is 0 Å². The number of hydrogen-bond donors (Lipinski definition) is 3. The van der Waals surface area contributed by atoms with Crippen LogP contribution in [0.15, 0.2) is 48.5 Å². The Morgan fingerprint density at radius 1 is 1.17 bits per heavy atom. The van der Waals surface area contributed by atoms with E-state index in [1.807, 2.05) is 43.3 Å². The summed E-state index contributed by atoms with van der Waals surface area (Å²) >= 11 is 11.2. The smallest absolute Gasteiger partial charge is 0.170 e. The lowest BCUT2D eigenvalue weighted by atomic mass is 10.1. The van der Waals surface area contributed by atoms with Gasteiger partial charge >= 0.3 is 0 Å². The van der Waals surface area contributed by atoms with Gasteiger partial charge in [-0.05, 0) is 67.7 Å². The van der Waals surface area contributed by atoms with Gasteiger partial charge in [0.25, 0.3) is 0 Å². The predicted octanol–water partition coefficient (Wildman–Crippen LogP) is 4.56. The molecular weight excluding hydrogens is 406 g/mol. The van der Waals surface area contributed by atoms with Crippen molar-refractivity contribution in [1.82, 2.24) is 10.3 Å². The Balaban J connectivity index is 1.57. The summed E-state index contributed by atoms with van der Waals surface area (Å²) in [5.41, 5.74) is 2.13. The molecule has 1 heterocycles. The van der Waals surface area contributed by atoms with Crippen molar-refractivity contribution in [2.24, 2.45) is 0 Å². The molecular formula is C21H20ClN5OS. The van der Waals surface area contributed by atoms with Crippen LogP contribution in [0, 0.1) is 11.3 Å². The number of thiocarbonyl (C=S) groups is 1. The van der Waals surface area contributed by atoms with E-state index in [9.17, 15) is 5.26 Å². The molecule has 0 unspecified atom stereocenters. The first-order valence-corrected chi connectivity index (χ1v) is 9.89. The van der Waals surface area contributed by atoms with Crippen molar-refractivity contribution in [2.75, 3.05) is 30.3 Å². The Kier molecular flexibility index (Phi) is 7.06. The Labute approximate surface area is 179 Å². The van der Waals surface area contributed by atoms with Gasteiger partial charge in [-0.2, -0.15) is 5.26 Å². The highest BCUT2D eigenvalue weighted by Gasteiger charge is 2.08. The number of pyridine rings is 1. The highest BCUT2D eigenvalue weighted by molar-refractivity contribution is 7.80. The van der Waals surface area contributed by atoms with Crippen molar-refractivity contribution in [1.29, 1.82) is 5.26 Å². The molecule has 0 saturated carbocycles. The van der Waals surface area contributed by atoms with Crippen LogP contribution in [0.25, 0.3) is 10.9 Å². The molecule has 0 aliphatic rings. The number of rotatable bonds is 7. The monoisotopic (exact) mass is 425 g/mol. The zero-order chi connectivity index (χ0) is 20.6. The quantitative estimate of drug-likeness (QED) is 0.378. The third-order valence-corrected chi connectivity index (χ3v) is 4.52. The number of nitriles is 1. The molecule has 0 aliphatic heterocycles. The second-order valence-corrected chi connectivity index (χ2v) is 6.94. The van der Waals surface area contributed by atoms with Crippen molar-refractivity contribution in [2.45, 2.75) is 6.92 Å². The van der Waals surface area contributed by atoms with Crippen LogP contribution in [0.5, 0.6) is 5.75 Å². The van der Waals surface area contributed by atoms with Gasteiger partial charge in [0.1, 0.15) is 17.6 Å². The van der Waals surface area contributed by atoms with Crippen molar-refractivity contribution < 1.29 is 4.74 Å². The van der Waals surface area contributed by atoms with Crippen LogP contribution in [0.1, 0.15) is 12.5 Å². The summed E-state index contributed by atoms with van der Waals surface area (Å²) in [6.07, 6.45) is 0. The molecule has 2 aromatic carbocycles. The fourth-order valence-electron chi connectivity index (χ4n) is 2.70. The molecule has 0 bridgehead atoms. The molecule has 0 atom stereocenters. The zero-order valence-electron chi connectivity index (χ0n) is 15.8. The van der Waals surface area contributed by atoms with E-state index in [1.54, 1.807) is 12.1 Å². The fraction of sp³-hybridized carbons (Fsp3) is 0.190. The molecule has 0 fully saturated rings. The normalized spacial score (nSPS) is 10.2. The molecule has 0 amide bonds. The average molecular weight is 426 g/mol. The van der Waals surface area contributed by atoms with E-state index in [0.717, 1.165) is 22.3 Å². The van der Waals surface area contributed by atoms with E-state index in [-0.39, 0.29) is 0 Å². The van der Waals surface area contributed by atoms with Crippen molar-refractivity contribution in [3.05, 3.63) is 59.1 Å². The van der Waals surface area contributed by atoms with E-state index in [0.29, 0.717) is 41.2 Å². The van der Waals surface area contributed by atoms with Crippen molar-refractivity contribution >= 4 is 51.3 Å². The highest BCUT2D eigenvalue weighted by Crippen LogP contribution is 2.24. The van der Waals surface area contributed by atoms with Crippen LogP contribution in [-0.4, -0.2) is 29.8 Å². The van der Waals surface area contributed by atoms with Gasteiger partial charge in [-0.1, -0.05) is 11.6 Å². The molecule has 0 spiro atoms. The largest absolute Gasteiger partial charge is 0.494 e. The fourth-order valence-corrected chi connectivity index (χ4v) is 3.04. The summed E-state index contributed by atoms with van der Waals surface area (Å²) in [6.45, 7) is 3.63. The predicted molar refractivity (Wildman–Crippen MR) is 122 cm³/mol. The van der Waals surface area contributed by atoms with E-state index in [2.05, 4.69) is 27.0 Å². The Morgan fingerprint density at radius 3 is 2.69 bits per heavy atom. The summed E-state index contributed by atoms with van der Waals surface area (Å²) in [5, 5.41) is 20.9. The minimum Gasteiger partial charge on any atom is -0.494 e. The summed E-state index contributed by atoms with van der Waals surface area (Å²) in [7, 11) is 0. The van der Waals surface area contributed by atoms with Gasteiger partial charge in [0.15, 0.2) is 5.11 Å². The summed E-state index contributed by atoms with van der Waals surface area (Å²) < 4.78 is 5.51. The molecule has 0 radical (unpaired) electrons. The lowest BCUT2D eigenvalue weighted by molar-refractivity contribution is 0.340. The maximum Gasteiger partial charge on any atom is 0.170 e. The number of fused-ring (bicyclic) bond motifs is 1. The molecule has 3 rings (SSSR count). The van der Waals surface area contributed by atoms with Gasteiger partial charge in [-0.25, -0.2) is 4.98 Å². The first-order valence-electron chi connectivity index (χ1n) is 9.11. The molecule has 3 N–H and O–H groups in total. The van der Waals surface area contributed by atoms with Crippen LogP contribution in [0.4, 0.5) is 11.5 Å². The Morgan fingerprint density at radius 2 is 1.97 bits per heavy atom. The summed E-state index contributed by atoms with van der Waals surface area (Å²) in [6, 6.07) is 16.9. The van der Waals surface area contributed by atoms with Crippen molar-refractivity contribution in [3.8, 4) is 11.8 Å². The SMILES string of the molecule is CCOc1ccc2nc(NCCNC(=S)Nc3ccc(Cl)cc3)c(C#N)cc2c1. The first-order chi connectivity index (χ1) is 14.1. The number of anilines is 2. The molecule has 8 heteroatoms. The molecule has 3 aromatic rings. The molecule has 1 aromatic heterocycles. The second kappa shape index (κ2) is 9.92. The van der Waals surface area contributed by atoms with Gasteiger partial charge in [0, 0.05) is 29.2 Å². The minimum absolute atomic E-state index is 0.480. The van der Waals surface area contributed by atoms with Gasteiger partial charge in [0.2, 0.25) is 0 Å². The van der Waals surface area contributed by atoms with Crippen LogP contribution < -0.4 is 20.7 Å². The van der Waals surface area contributed by atoms with Crippen LogP contribution in [0.3, 0.4) is 0 Å². The maximum absolute atomic E-state index is 9.46. The van der Waals surface area contributed by atoms with Crippen LogP contribution in [-0.2, 0) is 0 Å². The van der Waals surface area contributed by atoms with Crippen molar-refractivity contribution in [3.63, 3.8) is 0 Å². The number of aromatic nitrogens is 1. The molecule has 0 aliphatic carbocycles. The maximum atomic E-state index is 9.46. The van der Waals surface area contributed by atoms with E-state index < -0.39 is 0 Å². The summed E-state index contributed by atoms with van der Waals surface area (Å²) in [5.74, 6) is 1.31. The number of nitrogens with one attached hydrogen (secondary N) is 3. The van der Waals surface area contributed by atoms with Gasteiger partial charge in [0.05, 0.1) is 17.7 Å².